The first-order chi connectivity index (χ1) is 13.7. The van der Waals surface area contributed by atoms with Gasteiger partial charge in [-0.1, -0.05) is 57.2 Å². The van der Waals surface area contributed by atoms with Crippen LogP contribution in [0.25, 0.3) is 0 Å². The fourth-order valence-electron chi connectivity index (χ4n) is 2.98. The molecule has 3 rings (SSSR count). The zero-order valence-corrected chi connectivity index (χ0v) is 17.7. The first kappa shape index (κ1) is 20.7. The van der Waals surface area contributed by atoms with Crippen molar-refractivity contribution in [3.63, 3.8) is 0 Å². The van der Waals surface area contributed by atoms with Crippen molar-refractivity contribution >= 4 is 5.78 Å². The van der Waals surface area contributed by atoms with Crippen LogP contribution in [0, 0.1) is 0 Å². The molecular formula is C26H28O3. The number of hydrogen-bond acceptors (Lipinski definition) is 3. The highest BCUT2D eigenvalue weighted by molar-refractivity contribution is 6.09. The van der Waals surface area contributed by atoms with Crippen molar-refractivity contribution in [2.75, 3.05) is 0 Å². The standard InChI is InChI=1S/C26H28O3/c1-18(2)28-23-8-6-7-9-24(23)29-22-16-12-20(13-17-22)25(27)19-10-14-21(15-11-19)26(3,4)5/h6-18H,1-5H3. The maximum Gasteiger partial charge on any atom is 0.193 e. The quantitative estimate of drug-likeness (QED) is 0.436. The molecule has 0 radical (unpaired) electrons. The monoisotopic (exact) mass is 388 g/mol. The summed E-state index contributed by atoms with van der Waals surface area (Å²) in [4.78, 5) is 12.8. The van der Waals surface area contributed by atoms with E-state index >= 15 is 0 Å². The molecule has 0 amide bonds. The van der Waals surface area contributed by atoms with Gasteiger partial charge in [-0.3, -0.25) is 4.79 Å². The normalized spacial score (nSPS) is 11.4. The predicted molar refractivity (Wildman–Crippen MR) is 117 cm³/mol. The van der Waals surface area contributed by atoms with Crippen molar-refractivity contribution in [2.45, 2.75) is 46.1 Å². The van der Waals surface area contributed by atoms with Crippen molar-refractivity contribution in [2.24, 2.45) is 0 Å². The minimum Gasteiger partial charge on any atom is -0.487 e. The van der Waals surface area contributed by atoms with Crippen molar-refractivity contribution in [1.29, 1.82) is 0 Å². The second kappa shape index (κ2) is 8.52. The van der Waals surface area contributed by atoms with Gasteiger partial charge in [0, 0.05) is 11.1 Å². The third-order valence-corrected chi connectivity index (χ3v) is 4.57. The first-order valence-electron chi connectivity index (χ1n) is 9.93. The molecule has 0 aliphatic rings. The van der Waals surface area contributed by atoms with Gasteiger partial charge in [0.25, 0.3) is 0 Å². The Balaban J connectivity index is 1.74. The number of rotatable bonds is 6. The highest BCUT2D eigenvalue weighted by Crippen LogP contribution is 2.32. The summed E-state index contributed by atoms with van der Waals surface area (Å²) >= 11 is 0. The summed E-state index contributed by atoms with van der Waals surface area (Å²) in [7, 11) is 0. The van der Waals surface area contributed by atoms with E-state index in [2.05, 4.69) is 20.8 Å². The van der Waals surface area contributed by atoms with Gasteiger partial charge < -0.3 is 9.47 Å². The van der Waals surface area contributed by atoms with Gasteiger partial charge in [-0.05, 0) is 61.2 Å². The number of para-hydroxylation sites is 2. The molecule has 3 nitrogen and oxygen atoms in total. The van der Waals surface area contributed by atoms with Crippen LogP contribution in [0.3, 0.4) is 0 Å². The second-order valence-electron chi connectivity index (χ2n) is 8.40. The molecule has 0 aliphatic carbocycles. The number of ketones is 1. The Morgan fingerprint density at radius 2 is 1.28 bits per heavy atom. The van der Waals surface area contributed by atoms with Gasteiger partial charge in [-0.15, -0.1) is 0 Å². The van der Waals surface area contributed by atoms with E-state index in [4.69, 9.17) is 9.47 Å². The maximum absolute atomic E-state index is 12.8. The molecule has 3 aromatic rings. The minimum atomic E-state index is 0.000510. The molecule has 3 heteroatoms. The summed E-state index contributed by atoms with van der Waals surface area (Å²) in [5.74, 6) is 2.00. The fourth-order valence-corrected chi connectivity index (χ4v) is 2.98. The minimum absolute atomic E-state index is 0.000510. The average molecular weight is 389 g/mol. The van der Waals surface area contributed by atoms with Crippen LogP contribution in [0.1, 0.15) is 56.1 Å². The molecule has 3 aromatic carbocycles. The number of ether oxygens (including phenoxy) is 2. The smallest absolute Gasteiger partial charge is 0.193 e. The zero-order chi connectivity index (χ0) is 21.0. The summed E-state index contributed by atoms with van der Waals surface area (Å²) in [5, 5.41) is 0. The third kappa shape index (κ3) is 5.26. The van der Waals surface area contributed by atoms with Gasteiger partial charge in [-0.25, -0.2) is 0 Å². The van der Waals surface area contributed by atoms with E-state index in [0.717, 1.165) is 0 Å². The van der Waals surface area contributed by atoms with Crippen molar-refractivity contribution in [1.82, 2.24) is 0 Å². The van der Waals surface area contributed by atoms with E-state index in [9.17, 15) is 4.79 Å². The number of benzene rings is 3. The molecule has 29 heavy (non-hydrogen) atoms. The number of carbonyl (C=O) groups excluding carboxylic acids is 1. The van der Waals surface area contributed by atoms with Crippen LogP contribution in [0.2, 0.25) is 0 Å². The van der Waals surface area contributed by atoms with Gasteiger partial charge >= 0.3 is 0 Å². The van der Waals surface area contributed by atoms with Crippen LogP contribution < -0.4 is 9.47 Å². The van der Waals surface area contributed by atoms with Crippen LogP contribution in [0.5, 0.6) is 17.2 Å². The van der Waals surface area contributed by atoms with Gasteiger partial charge in [0.1, 0.15) is 5.75 Å². The van der Waals surface area contributed by atoms with Gasteiger partial charge in [0.05, 0.1) is 6.10 Å². The second-order valence-corrected chi connectivity index (χ2v) is 8.40. The molecule has 150 valence electrons. The molecule has 0 aromatic heterocycles. The SMILES string of the molecule is CC(C)Oc1ccccc1Oc1ccc(C(=O)c2ccc(C(C)(C)C)cc2)cc1. The molecule has 0 spiro atoms. The van der Waals surface area contributed by atoms with Gasteiger partial charge in [0.2, 0.25) is 0 Å². The Morgan fingerprint density at radius 3 is 1.79 bits per heavy atom. The molecule has 0 N–H and O–H groups in total. The van der Waals surface area contributed by atoms with Crippen LogP contribution in [0.4, 0.5) is 0 Å². The van der Waals surface area contributed by atoms with E-state index in [0.29, 0.717) is 28.4 Å². The highest BCUT2D eigenvalue weighted by atomic mass is 16.5. The molecule has 0 atom stereocenters. The molecule has 0 fully saturated rings. The third-order valence-electron chi connectivity index (χ3n) is 4.57. The molecule has 0 unspecified atom stereocenters. The van der Waals surface area contributed by atoms with Crippen molar-refractivity contribution < 1.29 is 14.3 Å². The number of hydrogen-bond donors (Lipinski definition) is 0. The Hall–Kier alpha value is -3.07. The van der Waals surface area contributed by atoms with E-state index in [-0.39, 0.29) is 17.3 Å². The molecule has 0 bridgehead atoms. The number of carbonyl (C=O) groups is 1. The van der Waals surface area contributed by atoms with Crippen LogP contribution in [-0.4, -0.2) is 11.9 Å². The lowest BCUT2D eigenvalue weighted by Gasteiger charge is -2.19. The molecular weight excluding hydrogens is 360 g/mol. The highest BCUT2D eigenvalue weighted by Gasteiger charge is 2.15. The molecule has 0 saturated carbocycles. The molecule has 0 aliphatic heterocycles. The summed E-state index contributed by atoms with van der Waals surface area (Å²) in [6.45, 7) is 10.4. The summed E-state index contributed by atoms with van der Waals surface area (Å²) in [5.41, 5.74) is 2.59. The van der Waals surface area contributed by atoms with Crippen LogP contribution >= 0.6 is 0 Å². The predicted octanol–water partition coefficient (Wildman–Crippen LogP) is 6.79. The van der Waals surface area contributed by atoms with E-state index in [1.807, 2.05) is 74.5 Å². The lowest BCUT2D eigenvalue weighted by Crippen LogP contribution is -2.11. The molecule has 0 heterocycles. The van der Waals surface area contributed by atoms with Crippen LogP contribution in [-0.2, 0) is 5.41 Å². The summed E-state index contributed by atoms with van der Waals surface area (Å²) < 4.78 is 11.8. The Labute approximate surface area is 173 Å². The van der Waals surface area contributed by atoms with E-state index < -0.39 is 0 Å². The van der Waals surface area contributed by atoms with Crippen molar-refractivity contribution in [3.8, 4) is 17.2 Å². The lowest BCUT2D eigenvalue weighted by molar-refractivity contribution is 0.103. The average Bonchev–Trinajstić information content (AvgIpc) is 2.68. The maximum atomic E-state index is 12.8. The lowest BCUT2D eigenvalue weighted by atomic mass is 9.86. The van der Waals surface area contributed by atoms with Gasteiger partial charge in [0.15, 0.2) is 17.3 Å². The molecule has 0 saturated heterocycles. The Kier molecular flexibility index (Phi) is 6.07. The van der Waals surface area contributed by atoms with E-state index in [1.54, 1.807) is 12.1 Å². The van der Waals surface area contributed by atoms with E-state index in [1.165, 1.54) is 5.56 Å². The largest absolute Gasteiger partial charge is 0.487 e. The van der Waals surface area contributed by atoms with Crippen molar-refractivity contribution in [3.05, 3.63) is 89.5 Å². The summed E-state index contributed by atoms with van der Waals surface area (Å²) in [6.07, 6.45) is 0.0596. The summed E-state index contributed by atoms with van der Waals surface area (Å²) in [6, 6.07) is 22.6. The first-order valence-corrected chi connectivity index (χ1v) is 9.93. The fraction of sp³-hybridized carbons (Fsp3) is 0.269. The Morgan fingerprint density at radius 1 is 0.759 bits per heavy atom. The topological polar surface area (TPSA) is 35.5 Å². The Bertz CT molecular complexity index is 962. The van der Waals surface area contributed by atoms with Gasteiger partial charge in [-0.2, -0.15) is 0 Å². The zero-order valence-electron chi connectivity index (χ0n) is 17.7. The van der Waals surface area contributed by atoms with Crippen LogP contribution in [0.15, 0.2) is 72.8 Å².